The molecule has 3 heteroatoms. The quantitative estimate of drug-likeness (QED) is 0.197. The molecule has 0 unspecified atom stereocenters. The summed E-state index contributed by atoms with van der Waals surface area (Å²) in [4.78, 5) is 10.2. The van der Waals surface area contributed by atoms with E-state index in [0.29, 0.717) is 11.4 Å². The van der Waals surface area contributed by atoms with Gasteiger partial charge >= 0.3 is 0 Å². The normalized spacial score (nSPS) is 12.6. The minimum atomic E-state index is -0.166. The number of benzene rings is 6. The summed E-state index contributed by atoms with van der Waals surface area (Å²) in [6, 6.07) is 55.0. The van der Waals surface area contributed by atoms with E-state index in [9.17, 15) is 5.26 Å². The van der Waals surface area contributed by atoms with Crippen LogP contribution >= 0.6 is 0 Å². The number of aromatic nitrogens is 2. The van der Waals surface area contributed by atoms with Gasteiger partial charge < -0.3 is 0 Å². The van der Waals surface area contributed by atoms with Crippen molar-refractivity contribution in [2.45, 2.75) is 19.3 Å². The zero-order valence-corrected chi connectivity index (χ0v) is 26.3. The number of rotatable bonds is 5. The molecule has 1 heterocycles. The number of fused-ring (bicyclic) bond motifs is 3. The predicted molar refractivity (Wildman–Crippen MR) is 191 cm³/mol. The van der Waals surface area contributed by atoms with Gasteiger partial charge in [-0.3, -0.25) is 0 Å². The third-order valence-electron chi connectivity index (χ3n) is 9.32. The lowest BCUT2D eigenvalue weighted by molar-refractivity contribution is 0.660. The Morgan fingerprint density at radius 2 is 1.02 bits per heavy atom. The third-order valence-corrected chi connectivity index (χ3v) is 9.32. The molecule has 0 amide bonds. The lowest BCUT2D eigenvalue weighted by Crippen LogP contribution is -2.15. The van der Waals surface area contributed by atoms with E-state index in [-0.39, 0.29) is 5.41 Å². The van der Waals surface area contributed by atoms with Gasteiger partial charge in [0.1, 0.15) is 0 Å². The largest absolute Gasteiger partial charge is 0.228 e. The monoisotopic (exact) mass is 601 g/mol. The van der Waals surface area contributed by atoms with Crippen LogP contribution in [0.1, 0.15) is 30.5 Å². The summed E-state index contributed by atoms with van der Waals surface area (Å²) in [7, 11) is 0. The summed E-state index contributed by atoms with van der Waals surface area (Å²) in [5.74, 6) is 0.692. The minimum Gasteiger partial charge on any atom is -0.228 e. The van der Waals surface area contributed by atoms with E-state index in [2.05, 4.69) is 135 Å². The van der Waals surface area contributed by atoms with Gasteiger partial charge in [-0.15, -0.1) is 0 Å². The van der Waals surface area contributed by atoms with Crippen molar-refractivity contribution < 1.29 is 0 Å². The zero-order valence-electron chi connectivity index (χ0n) is 26.3. The van der Waals surface area contributed by atoms with Gasteiger partial charge in [-0.1, -0.05) is 129 Å². The van der Waals surface area contributed by atoms with Crippen LogP contribution in [0.2, 0.25) is 0 Å². The van der Waals surface area contributed by atoms with Crippen LogP contribution in [0.25, 0.3) is 67.3 Å². The van der Waals surface area contributed by atoms with Crippen molar-refractivity contribution in [3.8, 4) is 73.4 Å². The summed E-state index contributed by atoms with van der Waals surface area (Å²) in [6.07, 6.45) is 0. The smallest absolute Gasteiger partial charge is 0.160 e. The Morgan fingerprint density at radius 3 is 1.74 bits per heavy atom. The van der Waals surface area contributed by atoms with Gasteiger partial charge in [-0.05, 0) is 80.9 Å². The Bertz CT molecular complexity index is 2330. The second-order valence-corrected chi connectivity index (χ2v) is 12.6. The first-order valence-corrected chi connectivity index (χ1v) is 15.9. The second-order valence-electron chi connectivity index (χ2n) is 12.6. The van der Waals surface area contributed by atoms with Crippen LogP contribution < -0.4 is 0 Å². The third kappa shape index (κ3) is 5.11. The van der Waals surface area contributed by atoms with Gasteiger partial charge in [0.25, 0.3) is 0 Å². The molecular weight excluding hydrogens is 571 g/mol. The molecule has 47 heavy (non-hydrogen) atoms. The van der Waals surface area contributed by atoms with Crippen molar-refractivity contribution in [2.75, 3.05) is 0 Å². The highest BCUT2D eigenvalue weighted by Gasteiger charge is 2.35. The van der Waals surface area contributed by atoms with Crippen LogP contribution in [0.15, 0.2) is 152 Å². The second kappa shape index (κ2) is 11.4. The summed E-state index contributed by atoms with van der Waals surface area (Å²) >= 11 is 0. The molecule has 0 bridgehead atoms. The Morgan fingerprint density at radius 1 is 0.447 bits per heavy atom. The molecule has 1 aliphatic rings. The van der Waals surface area contributed by atoms with Gasteiger partial charge in [-0.25, -0.2) is 9.97 Å². The lowest BCUT2D eigenvalue weighted by Gasteiger charge is -2.21. The first kappa shape index (κ1) is 28.4. The van der Waals surface area contributed by atoms with Gasteiger partial charge in [0.05, 0.1) is 23.0 Å². The highest BCUT2D eigenvalue weighted by atomic mass is 14.9. The molecule has 0 saturated heterocycles. The molecule has 3 nitrogen and oxygen atoms in total. The van der Waals surface area contributed by atoms with E-state index in [0.717, 1.165) is 50.3 Å². The molecule has 0 N–H and O–H groups in total. The molecule has 1 aromatic heterocycles. The average Bonchev–Trinajstić information content (AvgIpc) is 3.37. The first-order chi connectivity index (χ1) is 23.0. The molecule has 0 fully saturated rings. The fraction of sp³-hybridized carbons (Fsp3) is 0.0682. The van der Waals surface area contributed by atoms with E-state index < -0.39 is 0 Å². The fourth-order valence-electron chi connectivity index (χ4n) is 6.81. The molecular formula is C44H31N3. The molecule has 1 aliphatic carbocycles. The SMILES string of the molecule is CC1(C)c2ccc(-c3cccc(-c4cc(-c5ccccc5)nc(-c5cccc(-c6ccccc6)c5)n4)c3)cc2-c2ccc(C#N)cc21. The van der Waals surface area contributed by atoms with Crippen molar-refractivity contribution in [3.63, 3.8) is 0 Å². The van der Waals surface area contributed by atoms with E-state index >= 15 is 0 Å². The van der Waals surface area contributed by atoms with Gasteiger partial charge in [0.15, 0.2) is 5.82 Å². The summed E-state index contributed by atoms with van der Waals surface area (Å²) in [6.45, 7) is 4.48. The molecule has 222 valence electrons. The fourth-order valence-corrected chi connectivity index (χ4v) is 6.81. The van der Waals surface area contributed by atoms with Crippen molar-refractivity contribution in [1.29, 1.82) is 5.26 Å². The van der Waals surface area contributed by atoms with Crippen LogP contribution in [0.5, 0.6) is 0 Å². The standard InChI is InChI=1S/C44H31N3/c1-44(2)39-22-20-34(26-38(39)37-21-19-29(28-45)23-40(37)44)33-16-9-17-35(24-33)42-27-41(31-13-7-4-8-14-31)46-43(47-42)36-18-10-15-32(25-36)30-11-5-3-6-12-30/h3-27H,1-2H3. The number of hydrogen-bond donors (Lipinski definition) is 0. The Labute approximate surface area is 275 Å². The molecule has 8 rings (SSSR count). The maximum Gasteiger partial charge on any atom is 0.160 e. The van der Waals surface area contributed by atoms with E-state index in [1.165, 1.54) is 22.3 Å². The molecule has 0 radical (unpaired) electrons. The van der Waals surface area contributed by atoms with E-state index in [1.807, 2.05) is 36.4 Å². The summed E-state index contributed by atoms with van der Waals surface area (Å²) in [5.41, 5.74) is 14.8. The molecule has 0 aliphatic heterocycles. The number of hydrogen-bond acceptors (Lipinski definition) is 3. The van der Waals surface area contributed by atoms with Crippen molar-refractivity contribution >= 4 is 0 Å². The van der Waals surface area contributed by atoms with Gasteiger partial charge in [-0.2, -0.15) is 5.26 Å². The highest BCUT2D eigenvalue weighted by molar-refractivity contribution is 5.86. The van der Waals surface area contributed by atoms with Crippen LogP contribution in [-0.4, -0.2) is 9.97 Å². The van der Waals surface area contributed by atoms with Crippen molar-refractivity contribution in [1.82, 2.24) is 9.97 Å². The Hall–Kier alpha value is -6.11. The lowest BCUT2D eigenvalue weighted by atomic mass is 9.81. The van der Waals surface area contributed by atoms with Crippen molar-refractivity contribution in [3.05, 3.63) is 168 Å². The molecule has 6 aromatic carbocycles. The van der Waals surface area contributed by atoms with Crippen LogP contribution in [0, 0.1) is 11.3 Å². The molecule has 0 atom stereocenters. The van der Waals surface area contributed by atoms with Crippen LogP contribution in [-0.2, 0) is 5.41 Å². The van der Waals surface area contributed by atoms with Crippen molar-refractivity contribution in [2.24, 2.45) is 0 Å². The zero-order chi connectivity index (χ0) is 32.0. The molecule has 0 saturated carbocycles. The molecule has 0 spiro atoms. The van der Waals surface area contributed by atoms with E-state index in [1.54, 1.807) is 0 Å². The number of nitriles is 1. The Balaban J connectivity index is 1.23. The first-order valence-electron chi connectivity index (χ1n) is 15.9. The Kier molecular flexibility index (Phi) is 6.85. The van der Waals surface area contributed by atoms with Crippen LogP contribution in [0.3, 0.4) is 0 Å². The summed E-state index contributed by atoms with van der Waals surface area (Å²) in [5, 5.41) is 9.53. The summed E-state index contributed by atoms with van der Waals surface area (Å²) < 4.78 is 0. The highest BCUT2D eigenvalue weighted by Crippen LogP contribution is 2.50. The molecule has 7 aromatic rings. The van der Waals surface area contributed by atoms with Gasteiger partial charge in [0, 0.05) is 22.1 Å². The van der Waals surface area contributed by atoms with Crippen LogP contribution in [0.4, 0.5) is 0 Å². The maximum atomic E-state index is 9.53. The minimum absolute atomic E-state index is 0.166. The number of nitrogens with zero attached hydrogens (tertiary/aromatic N) is 3. The average molecular weight is 602 g/mol. The van der Waals surface area contributed by atoms with Gasteiger partial charge in [0.2, 0.25) is 0 Å². The van der Waals surface area contributed by atoms with E-state index in [4.69, 9.17) is 9.97 Å². The maximum absolute atomic E-state index is 9.53. The topological polar surface area (TPSA) is 49.6 Å². The predicted octanol–water partition coefficient (Wildman–Crippen LogP) is 11.0.